The Kier molecular flexibility index (Phi) is 8.15. The van der Waals surface area contributed by atoms with E-state index < -0.39 is 35.8 Å². The molecule has 0 heterocycles. The summed E-state index contributed by atoms with van der Waals surface area (Å²) in [4.78, 5) is 35.4. The lowest BCUT2D eigenvalue weighted by Crippen LogP contribution is -2.65. The summed E-state index contributed by atoms with van der Waals surface area (Å²) in [5, 5.41) is 16.9. The molecule has 9 heteroatoms. The molecule has 9 nitrogen and oxygen atoms in total. The van der Waals surface area contributed by atoms with Crippen LogP contribution in [0.5, 0.6) is 0 Å². The molecule has 0 aromatic rings. The third-order valence-electron chi connectivity index (χ3n) is 3.21. The van der Waals surface area contributed by atoms with Crippen LogP contribution < -0.4 is 27.4 Å². The van der Waals surface area contributed by atoms with Gasteiger partial charge in [0.1, 0.15) is 12.1 Å². The molecule has 0 aliphatic heterocycles. The van der Waals surface area contributed by atoms with E-state index in [2.05, 4.69) is 16.0 Å². The fourth-order valence-corrected chi connectivity index (χ4v) is 1.78. The number of hydrogen-bond acceptors (Lipinski definition) is 6. The molecule has 0 bridgehead atoms. The van der Waals surface area contributed by atoms with Gasteiger partial charge in [-0.3, -0.25) is 25.9 Å². The maximum atomic E-state index is 12.2. The molecule has 0 unspecified atom stereocenters. The molecule has 3 amide bonds. The van der Waals surface area contributed by atoms with Gasteiger partial charge in [0, 0.05) is 6.92 Å². The van der Waals surface area contributed by atoms with Crippen LogP contribution in [0.3, 0.4) is 0 Å². The predicted octanol–water partition coefficient (Wildman–Crippen LogP) is -1.89. The third kappa shape index (κ3) is 8.48. The van der Waals surface area contributed by atoms with Gasteiger partial charge < -0.3 is 21.1 Å². The van der Waals surface area contributed by atoms with E-state index in [1.807, 2.05) is 13.8 Å². The van der Waals surface area contributed by atoms with Crippen molar-refractivity contribution in [3.63, 3.8) is 0 Å². The van der Waals surface area contributed by atoms with Crippen LogP contribution in [-0.4, -0.2) is 46.8 Å². The molecule has 0 radical (unpaired) electrons. The summed E-state index contributed by atoms with van der Waals surface area (Å²) >= 11 is 0. The molecule has 0 aliphatic rings. The standard InChI is InChI=1S/C14H29N5O4/c1-7(2)6-11(19-10(5)20)13(22)17-8(3)12(21)18-9(4)14(15,16)23/h7-9,11,23H,6,15-16H2,1-5H3,(H,17,22)(H,18,21)(H,19,20)/t8-,9-,11-/m0/s1. The van der Waals surface area contributed by atoms with Crippen molar-refractivity contribution in [2.24, 2.45) is 17.4 Å². The maximum absolute atomic E-state index is 12.2. The van der Waals surface area contributed by atoms with E-state index in [1.54, 1.807) is 0 Å². The second-order valence-corrected chi connectivity index (χ2v) is 6.23. The molecule has 0 aromatic heterocycles. The summed E-state index contributed by atoms with van der Waals surface area (Å²) in [5.41, 5.74) is 10.5. The lowest BCUT2D eigenvalue weighted by Gasteiger charge is -2.28. The minimum absolute atomic E-state index is 0.186. The highest BCUT2D eigenvalue weighted by Crippen LogP contribution is 2.05. The van der Waals surface area contributed by atoms with Crippen molar-refractivity contribution in [2.45, 2.75) is 65.0 Å². The van der Waals surface area contributed by atoms with Crippen LogP contribution in [0.2, 0.25) is 0 Å². The summed E-state index contributed by atoms with van der Waals surface area (Å²) in [6, 6.07) is -2.51. The number of nitrogens with one attached hydrogen (secondary N) is 3. The molecule has 0 saturated carbocycles. The Morgan fingerprint density at radius 3 is 1.91 bits per heavy atom. The van der Waals surface area contributed by atoms with Crippen LogP contribution in [-0.2, 0) is 14.4 Å². The molecule has 134 valence electrons. The number of carbonyl (C=O) groups is 3. The number of rotatable bonds is 8. The first kappa shape index (κ1) is 21.3. The molecule has 0 aliphatic carbocycles. The van der Waals surface area contributed by atoms with E-state index in [9.17, 15) is 19.5 Å². The minimum Gasteiger partial charge on any atom is -0.362 e. The van der Waals surface area contributed by atoms with Gasteiger partial charge in [-0.25, -0.2) is 0 Å². The van der Waals surface area contributed by atoms with Gasteiger partial charge in [-0.2, -0.15) is 0 Å². The van der Waals surface area contributed by atoms with Crippen LogP contribution in [0.1, 0.15) is 41.0 Å². The summed E-state index contributed by atoms with van der Waals surface area (Å²) in [5.74, 6) is -3.21. The van der Waals surface area contributed by atoms with Crippen molar-refractivity contribution in [1.29, 1.82) is 0 Å². The second kappa shape index (κ2) is 8.80. The zero-order valence-corrected chi connectivity index (χ0v) is 14.3. The summed E-state index contributed by atoms with van der Waals surface area (Å²) in [7, 11) is 0. The molecule has 0 spiro atoms. The molecular weight excluding hydrogens is 302 g/mol. The van der Waals surface area contributed by atoms with Crippen LogP contribution >= 0.6 is 0 Å². The van der Waals surface area contributed by atoms with Crippen molar-refractivity contribution in [1.82, 2.24) is 16.0 Å². The molecule has 0 rings (SSSR count). The van der Waals surface area contributed by atoms with E-state index in [0.717, 1.165) is 0 Å². The van der Waals surface area contributed by atoms with Gasteiger partial charge in [0.25, 0.3) is 0 Å². The fraction of sp³-hybridized carbons (Fsp3) is 0.786. The largest absolute Gasteiger partial charge is 0.362 e. The predicted molar refractivity (Wildman–Crippen MR) is 85.6 cm³/mol. The van der Waals surface area contributed by atoms with E-state index in [1.165, 1.54) is 20.8 Å². The topological polar surface area (TPSA) is 160 Å². The zero-order chi connectivity index (χ0) is 18.4. The monoisotopic (exact) mass is 331 g/mol. The molecule has 0 aromatic carbocycles. The Labute approximate surface area is 136 Å². The van der Waals surface area contributed by atoms with E-state index in [0.29, 0.717) is 6.42 Å². The zero-order valence-electron chi connectivity index (χ0n) is 14.3. The smallest absolute Gasteiger partial charge is 0.243 e. The first-order valence-corrected chi connectivity index (χ1v) is 7.52. The molecule has 23 heavy (non-hydrogen) atoms. The van der Waals surface area contributed by atoms with Crippen molar-refractivity contribution in [3.05, 3.63) is 0 Å². The lowest BCUT2D eigenvalue weighted by molar-refractivity contribution is -0.132. The van der Waals surface area contributed by atoms with E-state index >= 15 is 0 Å². The molecule has 3 atom stereocenters. The van der Waals surface area contributed by atoms with Crippen LogP contribution in [0.4, 0.5) is 0 Å². The third-order valence-corrected chi connectivity index (χ3v) is 3.21. The van der Waals surface area contributed by atoms with Gasteiger partial charge in [0.05, 0.1) is 6.04 Å². The fourth-order valence-electron chi connectivity index (χ4n) is 1.78. The van der Waals surface area contributed by atoms with E-state index in [-0.39, 0.29) is 11.8 Å². The summed E-state index contributed by atoms with van der Waals surface area (Å²) in [6.07, 6.45) is 0.446. The first-order valence-electron chi connectivity index (χ1n) is 7.52. The van der Waals surface area contributed by atoms with Gasteiger partial charge in [0.2, 0.25) is 17.7 Å². The summed E-state index contributed by atoms with van der Waals surface area (Å²) < 4.78 is 0. The van der Waals surface area contributed by atoms with Gasteiger partial charge in [-0.05, 0) is 26.2 Å². The highest BCUT2D eigenvalue weighted by atomic mass is 16.3. The van der Waals surface area contributed by atoms with Crippen LogP contribution in [0.25, 0.3) is 0 Å². The Morgan fingerprint density at radius 2 is 1.52 bits per heavy atom. The highest BCUT2D eigenvalue weighted by Gasteiger charge is 2.29. The number of hydrogen-bond donors (Lipinski definition) is 6. The summed E-state index contributed by atoms with van der Waals surface area (Å²) in [6.45, 7) is 8.08. The van der Waals surface area contributed by atoms with Gasteiger partial charge >= 0.3 is 0 Å². The molecule has 0 fully saturated rings. The molecule has 0 saturated heterocycles. The SMILES string of the molecule is CC(=O)N[C@@H](CC(C)C)C(=O)N[C@@H](C)C(=O)N[C@@H](C)C(N)(N)O. The molecular formula is C14H29N5O4. The average Bonchev–Trinajstić information content (AvgIpc) is 2.35. The van der Waals surface area contributed by atoms with Crippen molar-refractivity contribution in [3.8, 4) is 0 Å². The lowest BCUT2D eigenvalue weighted by atomic mass is 10.0. The van der Waals surface area contributed by atoms with Crippen molar-refractivity contribution >= 4 is 17.7 Å². The van der Waals surface area contributed by atoms with Crippen LogP contribution in [0, 0.1) is 5.92 Å². The van der Waals surface area contributed by atoms with E-state index in [4.69, 9.17) is 11.5 Å². The van der Waals surface area contributed by atoms with Gasteiger partial charge in [0.15, 0.2) is 5.85 Å². The number of aliphatic hydroxyl groups is 1. The Morgan fingerprint density at radius 1 is 1.00 bits per heavy atom. The highest BCUT2D eigenvalue weighted by molar-refractivity contribution is 5.91. The first-order chi connectivity index (χ1) is 10.3. The number of nitrogens with two attached hydrogens (primary N) is 2. The number of amides is 3. The van der Waals surface area contributed by atoms with Crippen molar-refractivity contribution < 1.29 is 19.5 Å². The number of carbonyl (C=O) groups excluding carboxylic acids is 3. The Hall–Kier alpha value is -1.71. The maximum Gasteiger partial charge on any atom is 0.243 e. The van der Waals surface area contributed by atoms with Gasteiger partial charge in [-0.1, -0.05) is 13.8 Å². The Balaban J connectivity index is 4.71. The van der Waals surface area contributed by atoms with Crippen molar-refractivity contribution in [2.75, 3.05) is 0 Å². The van der Waals surface area contributed by atoms with Gasteiger partial charge in [-0.15, -0.1) is 0 Å². The minimum atomic E-state index is -2.06. The normalized spacial score (nSPS) is 15.5. The molecule has 8 N–H and O–H groups in total. The second-order valence-electron chi connectivity index (χ2n) is 6.23. The Bertz CT molecular complexity index is 433. The van der Waals surface area contributed by atoms with Crippen LogP contribution in [0.15, 0.2) is 0 Å². The quantitative estimate of drug-likeness (QED) is 0.285. The average molecular weight is 331 g/mol.